The first-order valence-electron chi connectivity index (χ1n) is 20.1. The molecule has 4 N–H and O–H groups in total. The quantitative estimate of drug-likeness (QED) is 0.169. The molecule has 4 aliphatic heterocycles. The number of halogens is 2. The maximum atomic E-state index is 14.7. The highest BCUT2D eigenvalue weighted by molar-refractivity contribution is 6.02. The number of nitriles is 2. The number of aliphatic hydroxyl groups excluding tert-OH is 2. The second kappa shape index (κ2) is 18.8. The maximum absolute atomic E-state index is 14.7. The molecular formula is C46H46F2N12O6. The molecule has 2 aromatic carbocycles. The van der Waals surface area contributed by atoms with E-state index in [4.69, 9.17) is 9.47 Å². The number of β-amino-alcohol motifs (C(OH)–C–C–N with tert-alkyl or cyclic N) is 2. The lowest BCUT2D eigenvalue weighted by atomic mass is 10.0. The number of carbonyl (C=O) groups excluding carboxylic acids is 2. The minimum absolute atomic E-state index is 0. The Morgan fingerprint density at radius 1 is 0.652 bits per heavy atom. The monoisotopic (exact) mass is 900 g/mol. The van der Waals surface area contributed by atoms with E-state index in [9.17, 15) is 39.1 Å². The second-order valence-electron chi connectivity index (χ2n) is 15.3. The zero-order chi connectivity index (χ0) is 44.8. The summed E-state index contributed by atoms with van der Waals surface area (Å²) in [5, 5.41) is 53.8. The van der Waals surface area contributed by atoms with Crippen LogP contribution in [0.25, 0.3) is 33.9 Å². The number of carbonyl (C=O) groups is 2. The lowest BCUT2D eigenvalue weighted by Gasteiger charge is -2.15. The number of aliphatic hydroxyl groups is 2. The predicted octanol–water partition coefficient (Wildman–Crippen LogP) is 4.04. The average Bonchev–Trinajstić information content (AvgIpc) is 4.17. The molecule has 2 amide bonds. The van der Waals surface area contributed by atoms with Crippen molar-refractivity contribution in [3.8, 4) is 46.0 Å². The fourth-order valence-corrected chi connectivity index (χ4v) is 8.38. The first-order chi connectivity index (χ1) is 31.0. The largest absolute Gasteiger partial charge is 0.388 e. The third kappa shape index (κ3) is 8.30. The number of anilines is 2. The van der Waals surface area contributed by atoms with Crippen molar-refractivity contribution in [3.63, 3.8) is 0 Å². The zero-order valence-corrected chi connectivity index (χ0v) is 34.2. The lowest BCUT2D eigenvalue weighted by Crippen LogP contribution is -2.25. The normalized spacial score (nSPS) is 19.1. The summed E-state index contributed by atoms with van der Waals surface area (Å²) in [6.45, 7) is 2.11. The van der Waals surface area contributed by atoms with Crippen LogP contribution in [-0.2, 0) is 22.6 Å². The van der Waals surface area contributed by atoms with Crippen LogP contribution in [0, 0.1) is 34.3 Å². The van der Waals surface area contributed by atoms with Gasteiger partial charge in [0, 0.05) is 64.9 Å². The number of hydrogen-bond acceptors (Lipinski definition) is 14. The number of nitrogens with one attached hydrogen (secondary N) is 2. The molecular weight excluding hydrogens is 855 g/mol. The Morgan fingerprint density at radius 2 is 1.06 bits per heavy atom. The van der Waals surface area contributed by atoms with Gasteiger partial charge in [-0.15, -0.1) is 0 Å². The summed E-state index contributed by atoms with van der Waals surface area (Å²) in [7, 11) is 3.10. The first-order valence-corrected chi connectivity index (χ1v) is 20.1. The molecule has 0 bridgehead atoms. The predicted molar refractivity (Wildman–Crippen MR) is 237 cm³/mol. The Morgan fingerprint density at radius 3 is 1.42 bits per heavy atom. The number of rotatable bonds is 8. The van der Waals surface area contributed by atoms with E-state index in [1.165, 1.54) is 45.8 Å². The number of benzene rings is 2. The SMILES string of the molecule is C.C.CO[C@@H]1CN(c2ccn(-c3cc(-c4c(F)cccc4C#N)nc4c3C(=O)NC4)n2)C[C@@H]1O.CO[C@H]1CN(c2ccn(-c3cc(-c4c(F)cccc4C#N)nc4c3C(=O)NC4)n2)C[C@H]1O. The number of methoxy groups -OCH3 is 2. The van der Waals surface area contributed by atoms with Crippen LogP contribution in [0.15, 0.2) is 73.1 Å². The van der Waals surface area contributed by atoms with Crippen LogP contribution in [0.2, 0.25) is 0 Å². The molecule has 2 fully saturated rings. The van der Waals surface area contributed by atoms with E-state index in [1.54, 1.807) is 50.9 Å². The van der Waals surface area contributed by atoms with Gasteiger partial charge in [0.2, 0.25) is 0 Å². The van der Waals surface area contributed by atoms with Gasteiger partial charge in [-0.25, -0.2) is 28.1 Å². The van der Waals surface area contributed by atoms with Gasteiger partial charge in [-0.05, 0) is 36.4 Å². The summed E-state index contributed by atoms with van der Waals surface area (Å²) in [6.07, 6.45) is 1.51. The summed E-state index contributed by atoms with van der Waals surface area (Å²) in [4.78, 5) is 37.7. The van der Waals surface area contributed by atoms with Crippen molar-refractivity contribution in [3.05, 3.63) is 118 Å². The molecule has 0 radical (unpaired) electrons. The van der Waals surface area contributed by atoms with Crippen LogP contribution < -0.4 is 20.4 Å². The number of pyridine rings is 2. The van der Waals surface area contributed by atoms with Crippen molar-refractivity contribution in [2.24, 2.45) is 0 Å². The molecule has 0 saturated carbocycles. The zero-order valence-electron chi connectivity index (χ0n) is 34.2. The summed E-state index contributed by atoms with van der Waals surface area (Å²) < 4.78 is 43.0. The smallest absolute Gasteiger partial charge is 0.255 e. The van der Waals surface area contributed by atoms with Crippen molar-refractivity contribution in [2.75, 3.05) is 50.2 Å². The molecule has 18 nitrogen and oxygen atoms in total. The Bertz CT molecular complexity index is 2730. The van der Waals surface area contributed by atoms with Gasteiger partial charge in [-0.1, -0.05) is 27.0 Å². The Hall–Kier alpha value is -7.62. The van der Waals surface area contributed by atoms with Gasteiger partial charge >= 0.3 is 0 Å². The summed E-state index contributed by atoms with van der Waals surface area (Å²) in [5.74, 6) is -0.516. The van der Waals surface area contributed by atoms with E-state index >= 15 is 0 Å². The van der Waals surface area contributed by atoms with Crippen molar-refractivity contribution in [1.29, 1.82) is 10.5 Å². The number of ether oxygens (including phenoxy) is 2. The molecule has 0 spiro atoms. The van der Waals surface area contributed by atoms with Crippen molar-refractivity contribution >= 4 is 23.5 Å². The fourth-order valence-electron chi connectivity index (χ4n) is 8.38. The summed E-state index contributed by atoms with van der Waals surface area (Å²) in [5.41, 5.74) is 3.46. The van der Waals surface area contributed by atoms with E-state index in [0.29, 0.717) is 71.7 Å². The standard InChI is InChI=1S/2C22H19FN6O3.2CH4/c2*1-32-18-11-28(10-17(18)30)19-5-6-29(27-19)16-7-14(26-15-9-25-22(31)21(15)16)20-12(8-24)3-2-4-13(20)23;;/h2*2-7,17-18,30H,9-11H2,1H3,(H,25,31);2*1H4/t2*17-,18+;;/m10../s1. The minimum atomic E-state index is -0.627. The number of amides is 2. The van der Waals surface area contributed by atoms with Crippen LogP contribution in [0.1, 0.15) is 58.1 Å². The van der Waals surface area contributed by atoms with Crippen LogP contribution in [0.3, 0.4) is 0 Å². The van der Waals surface area contributed by atoms with Crippen molar-refractivity contribution < 1.29 is 38.1 Å². The molecule has 4 aliphatic rings. The summed E-state index contributed by atoms with van der Waals surface area (Å²) >= 11 is 0. The van der Waals surface area contributed by atoms with Gasteiger partial charge in [-0.2, -0.15) is 20.7 Å². The van der Waals surface area contributed by atoms with Crippen molar-refractivity contribution in [2.45, 2.75) is 52.4 Å². The van der Waals surface area contributed by atoms with Gasteiger partial charge in [0.1, 0.15) is 23.8 Å². The molecule has 340 valence electrons. The van der Waals surface area contributed by atoms with Gasteiger partial charge in [0.15, 0.2) is 11.6 Å². The van der Waals surface area contributed by atoms with E-state index < -0.39 is 23.8 Å². The lowest BCUT2D eigenvalue weighted by molar-refractivity contribution is 0.0217. The van der Waals surface area contributed by atoms with Crippen LogP contribution in [0.4, 0.5) is 20.4 Å². The highest BCUT2D eigenvalue weighted by atomic mass is 19.1. The number of fused-ring (bicyclic) bond motifs is 2. The molecule has 66 heavy (non-hydrogen) atoms. The number of hydrogen-bond donors (Lipinski definition) is 4. The summed E-state index contributed by atoms with van der Waals surface area (Å²) in [6, 6.07) is 19.2. The van der Waals surface area contributed by atoms with Gasteiger partial charge in [0.05, 0.1) is 105 Å². The van der Waals surface area contributed by atoms with Gasteiger partial charge in [-0.3, -0.25) is 9.59 Å². The van der Waals surface area contributed by atoms with Crippen molar-refractivity contribution in [1.82, 2.24) is 40.2 Å². The molecule has 10 rings (SSSR count). The molecule has 0 aliphatic carbocycles. The molecule has 8 heterocycles. The Kier molecular flexibility index (Phi) is 13.2. The minimum Gasteiger partial charge on any atom is -0.388 e. The third-order valence-electron chi connectivity index (χ3n) is 11.6. The Balaban J connectivity index is 0.000000191. The maximum Gasteiger partial charge on any atom is 0.255 e. The van der Waals surface area contributed by atoms with Gasteiger partial charge in [0.25, 0.3) is 11.8 Å². The number of aromatic nitrogens is 6. The number of nitrogens with zero attached hydrogens (tertiary/aromatic N) is 10. The van der Waals surface area contributed by atoms with E-state index in [1.807, 2.05) is 21.9 Å². The Labute approximate surface area is 378 Å². The van der Waals surface area contributed by atoms with Gasteiger partial charge < -0.3 is 40.1 Å². The van der Waals surface area contributed by atoms with E-state index in [2.05, 4.69) is 30.8 Å². The fraction of sp³-hybridized carbons (Fsp3) is 0.304. The average molecular weight is 901 g/mol. The highest BCUT2D eigenvalue weighted by Gasteiger charge is 2.35. The topological polar surface area (TPSA) is 233 Å². The molecule has 20 heteroatoms. The van der Waals surface area contributed by atoms with Crippen LogP contribution >= 0.6 is 0 Å². The first kappa shape index (κ1) is 46.4. The molecule has 4 aromatic heterocycles. The highest BCUT2D eigenvalue weighted by Crippen LogP contribution is 2.34. The van der Waals surface area contributed by atoms with Crippen LogP contribution in [-0.4, -0.2) is 116 Å². The molecule has 0 unspecified atom stereocenters. The van der Waals surface area contributed by atoms with Crippen LogP contribution in [0.5, 0.6) is 0 Å². The third-order valence-corrected chi connectivity index (χ3v) is 11.6. The van der Waals surface area contributed by atoms with E-state index in [0.717, 1.165) is 0 Å². The molecule has 6 aromatic rings. The molecule has 2 saturated heterocycles. The second-order valence-corrected chi connectivity index (χ2v) is 15.3. The van der Waals surface area contributed by atoms with E-state index in [-0.39, 0.29) is 85.6 Å². The molecule has 4 atom stereocenters.